The fourth-order valence-corrected chi connectivity index (χ4v) is 9.08. The molecule has 0 fully saturated rings. The highest BCUT2D eigenvalue weighted by Gasteiger charge is 2.51. The van der Waals surface area contributed by atoms with Crippen molar-refractivity contribution in [3.05, 3.63) is 85.0 Å². The lowest BCUT2D eigenvalue weighted by Gasteiger charge is -2.45. The lowest BCUT2D eigenvalue weighted by molar-refractivity contribution is -0.141. The molecule has 2 aromatic rings. The summed E-state index contributed by atoms with van der Waals surface area (Å²) >= 11 is 0. The Morgan fingerprint density at radius 2 is 1.66 bits per heavy atom. The molecule has 1 aliphatic rings. The van der Waals surface area contributed by atoms with E-state index in [1.54, 1.807) is 0 Å². The number of rotatable bonds is 9. The molecule has 0 unspecified atom stereocenters. The van der Waals surface area contributed by atoms with E-state index in [1.807, 2.05) is 12.2 Å². The van der Waals surface area contributed by atoms with E-state index < -0.39 is 8.32 Å². The third-order valence-electron chi connectivity index (χ3n) is 6.02. The zero-order valence-corrected chi connectivity index (χ0v) is 20.8. The van der Waals surface area contributed by atoms with E-state index >= 15 is 0 Å². The summed E-state index contributed by atoms with van der Waals surface area (Å²) in [5.41, 5.74) is 0. The van der Waals surface area contributed by atoms with Gasteiger partial charge in [0, 0.05) is 12.5 Å². The third kappa shape index (κ3) is 5.67. The van der Waals surface area contributed by atoms with Crippen LogP contribution in [0.3, 0.4) is 0 Å². The van der Waals surface area contributed by atoms with Gasteiger partial charge >= 0.3 is 5.97 Å². The van der Waals surface area contributed by atoms with E-state index in [2.05, 4.69) is 94.4 Å². The Bertz CT molecular complexity index is 873. The highest BCUT2D eigenvalue weighted by molar-refractivity contribution is 6.99. The Kier molecular flexibility index (Phi) is 8.27. The van der Waals surface area contributed by atoms with Gasteiger partial charge in [-0.3, -0.25) is 0 Å². The summed E-state index contributed by atoms with van der Waals surface area (Å²) in [7, 11) is -2.64. The van der Waals surface area contributed by atoms with Crippen molar-refractivity contribution in [1.29, 1.82) is 0 Å². The van der Waals surface area contributed by atoms with E-state index in [-0.39, 0.29) is 23.2 Å². The van der Waals surface area contributed by atoms with Gasteiger partial charge in [-0.25, -0.2) is 4.79 Å². The van der Waals surface area contributed by atoms with Crippen LogP contribution in [0.5, 0.6) is 0 Å². The second kappa shape index (κ2) is 10.9. The summed E-state index contributed by atoms with van der Waals surface area (Å²) < 4.78 is 12.7. The van der Waals surface area contributed by atoms with Crippen molar-refractivity contribution < 1.29 is 14.0 Å². The molecule has 0 amide bonds. The summed E-state index contributed by atoms with van der Waals surface area (Å²) in [6, 6.07) is 21.5. The molecule has 2 atom stereocenters. The molecule has 32 heavy (non-hydrogen) atoms. The van der Waals surface area contributed by atoms with Crippen molar-refractivity contribution in [2.75, 3.05) is 0 Å². The van der Waals surface area contributed by atoms with Gasteiger partial charge in [0.2, 0.25) is 0 Å². The minimum atomic E-state index is -2.64. The summed E-state index contributed by atoms with van der Waals surface area (Å²) in [5, 5.41) is 2.48. The van der Waals surface area contributed by atoms with E-state index in [0.717, 1.165) is 19.3 Å². The molecule has 170 valence electrons. The first-order valence-electron chi connectivity index (χ1n) is 11.7. The van der Waals surface area contributed by atoms with E-state index in [4.69, 9.17) is 9.16 Å². The van der Waals surface area contributed by atoms with Crippen LogP contribution in [0.15, 0.2) is 85.0 Å². The molecule has 0 N–H and O–H groups in total. The fourth-order valence-electron chi connectivity index (χ4n) is 4.42. The van der Waals surface area contributed by atoms with E-state index in [1.165, 1.54) is 16.4 Å². The van der Waals surface area contributed by atoms with Crippen LogP contribution >= 0.6 is 0 Å². The van der Waals surface area contributed by atoms with Crippen molar-refractivity contribution in [2.24, 2.45) is 0 Å². The van der Waals surface area contributed by atoms with Gasteiger partial charge < -0.3 is 9.16 Å². The standard InChI is InChI=1S/C28H36O3Si/c1-5-6-14-24(22-21-23-15-13-20-27(29)30-23)31-32(28(2,3)4,25-16-9-7-10-17-25)26-18-11-8-12-19-26/h7-13,16-24H,5-6,14-15H2,1-4H3/b22-21-/t23-,24+/m1/s1. The first-order valence-corrected chi connectivity index (χ1v) is 13.6. The number of carbonyl (C=O) groups is 1. The van der Waals surface area contributed by atoms with Crippen LogP contribution in [-0.4, -0.2) is 26.5 Å². The minimum absolute atomic E-state index is 0.0501. The molecule has 0 spiro atoms. The number of hydrogen-bond acceptors (Lipinski definition) is 3. The van der Waals surface area contributed by atoms with Crippen LogP contribution < -0.4 is 10.4 Å². The second-order valence-electron chi connectivity index (χ2n) is 9.46. The summed E-state index contributed by atoms with van der Waals surface area (Å²) in [5.74, 6) is -0.274. The zero-order valence-electron chi connectivity index (χ0n) is 19.8. The first-order chi connectivity index (χ1) is 15.4. The molecule has 4 heteroatoms. The van der Waals surface area contributed by atoms with Crippen LogP contribution in [-0.2, 0) is 14.0 Å². The monoisotopic (exact) mass is 448 g/mol. The third-order valence-corrected chi connectivity index (χ3v) is 11.1. The van der Waals surface area contributed by atoms with Crippen LogP contribution in [0.25, 0.3) is 0 Å². The minimum Gasteiger partial charge on any atom is -0.455 e. The van der Waals surface area contributed by atoms with Gasteiger partial charge in [-0.2, -0.15) is 0 Å². The number of hydrogen-bond donors (Lipinski definition) is 0. The Balaban J connectivity index is 2.03. The molecule has 2 aromatic carbocycles. The SMILES string of the molecule is CCCC[C@@H](/C=C\[C@H]1CC=CC(=O)O1)O[Si](c1ccccc1)(c1ccccc1)C(C)(C)C. The number of cyclic esters (lactones) is 1. The molecular weight excluding hydrogens is 412 g/mol. The number of benzene rings is 2. The molecule has 0 bridgehead atoms. The highest BCUT2D eigenvalue weighted by Crippen LogP contribution is 2.38. The Hall–Kier alpha value is -2.43. The molecular formula is C28H36O3Si. The molecule has 3 rings (SSSR count). The molecule has 1 aliphatic heterocycles. The number of ether oxygens (including phenoxy) is 1. The molecule has 0 saturated heterocycles. The lowest BCUT2D eigenvalue weighted by atomic mass is 10.1. The maximum Gasteiger partial charge on any atom is 0.331 e. The Morgan fingerprint density at radius 1 is 1.06 bits per heavy atom. The number of carbonyl (C=O) groups excluding carboxylic acids is 1. The number of esters is 1. The van der Waals surface area contributed by atoms with Crippen LogP contribution in [0.4, 0.5) is 0 Å². The van der Waals surface area contributed by atoms with Gasteiger partial charge in [-0.1, -0.05) is 113 Å². The molecule has 0 saturated carbocycles. The molecule has 0 radical (unpaired) electrons. The zero-order chi connectivity index (χ0) is 23.0. The Labute approximate surface area is 194 Å². The van der Waals surface area contributed by atoms with E-state index in [0.29, 0.717) is 6.42 Å². The van der Waals surface area contributed by atoms with Crippen molar-refractivity contribution in [3.63, 3.8) is 0 Å². The topological polar surface area (TPSA) is 35.5 Å². The van der Waals surface area contributed by atoms with Gasteiger partial charge in [0.15, 0.2) is 0 Å². The molecule has 3 nitrogen and oxygen atoms in total. The predicted octanol–water partition coefficient (Wildman–Crippen LogP) is 5.55. The average molecular weight is 449 g/mol. The van der Waals surface area contributed by atoms with Gasteiger partial charge in [0.25, 0.3) is 8.32 Å². The van der Waals surface area contributed by atoms with Crippen molar-refractivity contribution in [2.45, 2.75) is 70.6 Å². The maximum atomic E-state index is 11.7. The van der Waals surface area contributed by atoms with Crippen LogP contribution in [0, 0.1) is 0 Å². The lowest BCUT2D eigenvalue weighted by Crippen LogP contribution is -2.67. The Morgan fingerprint density at radius 3 is 2.16 bits per heavy atom. The van der Waals surface area contributed by atoms with Crippen LogP contribution in [0.2, 0.25) is 5.04 Å². The largest absolute Gasteiger partial charge is 0.455 e. The normalized spacial score (nSPS) is 18.0. The second-order valence-corrected chi connectivity index (χ2v) is 13.7. The molecule has 0 aliphatic carbocycles. The first kappa shape index (κ1) is 24.2. The fraction of sp³-hybridized carbons (Fsp3) is 0.393. The summed E-state index contributed by atoms with van der Waals surface area (Å²) in [6.45, 7) is 9.10. The van der Waals surface area contributed by atoms with Gasteiger partial charge in [0.05, 0.1) is 6.10 Å². The average Bonchev–Trinajstić information content (AvgIpc) is 2.79. The summed E-state index contributed by atoms with van der Waals surface area (Å²) in [4.78, 5) is 11.7. The van der Waals surface area contributed by atoms with Crippen LogP contribution in [0.1, 0.15) is 53.4 Å². The van der Waals surface area contributed by atoms with Gasteiger partial charge in [-0.05, 0) is 27.9 Å². The van der Waals surface area contributed by atoms with E-state index in [9.17, 15) is 4.79 Å². The van der Waals surface area contributed by atoms with Gasteiger partial charge in [-0.15, -0.1) is 0 Å². The molecule has 0 aromatic heterocycles. The smallest absolute Gasteiger partial charge is 0.331 e. The van der Waals surface area contributed by atoms with Crippen molar-refractivity contribution in [3.8, 4) is 0 Å². The predicted molar refractivity (Wildman–Crippen MR) is 135 cm³/mol. The maximum absolute atomic E-state index is 11.7. The molecule has 1 heterocycles. The van der Waals surface area contributed by atoms with Crippen molar-refractivity contribution >= 4 is 24.7 Å². The summed E-state index contributed by atoms with van der Waals surface area (Å²) in [6.07, 6.45) is 11.1. The van der Waals surface area contributed by atoms with Gasteiger partial charge in [0.1, 0.15) is 6.10 Å². The quantitative estimate of drug-likeness (QED) is 0.287. The van der Waals surface area contributed by atoms with Crippen molar-refractivity contribution in [1.82, 2.24) is 0 Å². The highest BCUT2D eigenvalue weighted by atomic mass is 28.4. The number of unbranched alkanes of at least 4 members (excludes halogenated alkanes) is 1.